The number of aromatic carboxylic acids is 1. The minimum absolute atomic E-state index is 0.0310. The quantitative estimate of drug-likeness (QED) is 0.599. The van der Waals surface area contributed by atoms with E-state index in [0.29, 0.717) is 20.6 Å². The normalized spacial score (nSPS) is 10.6. The van der Waals surface area contributed by atoms with Gasteiger partial charge in [0.2, 0.25) is 5.91 Å². The first-order valence-electron chi connectivity index (χ1n) is 7.52. The van der Waals surface area contributed by atoms with Gasteiger partial charge in [-0.3, -0.25) is 4.79 Å². The minimum Gasteiger partial charge on any atom is -0.479 e. The monoisotopic (exact) mass is 441 g/mol. The molecule has 0 radical (unpaired) electrons. The van der Waals surface area contributed by atoms with Gasteiger partial charge in [0.25, 0.3) is 0 Å². The lowest BCUT2D eigenvalue weighted by Gasteiger charge is -2.09. The van der Waals surface area contributed by atoms with E-state index >= 15 is 0 Å². The highest BCUT2D eigenvalue weighted by Crippen LogP contribution is 2.46. The summed E-state index contributed by atoms with van der Waals surface area (Å²) in [5.74, 6) is -2.77. The number of nitrogens with one attached hydrogen (secondary N) is 1. The molecule has 0 aliphatic rings. The summed E-state index contributed by atoms with van der Waals surface area (Å²) in [5, 5.41) is 20.9. The zero-order valence-electron chi connectivity index (χ0n) is 13.9. The van der Waals surface area contributed by atoms with Crippen molar-refractivity contribution in [2.45, 2.75) is 13.8 Å². The minimum atomic E-state index is -1.22. The first kappa shape index (κ1) is 19.9. The maximum Gasteiger partial charge on any atom is 0.349 e. The molecule has 1 heterocycles. The molecule has 0 unspecified atom stereocenters. The van der Waals surface area contributed by atoms with Crippen LogP contribution >= 0.6 is 27.3 Å². The summed E-state index contributed by atoms with van der Waals surface area (Å²) in [4.78, 5) is 34.5. The van der Waals surface area contributed by atoms with Crippen molar-refractivity contribution in [2.75, 3.05) is 11.9 Å². The van der Waals surface area contributed by atoms with E-state index in [9.17, 15) is 19.5 Å². The second-order valence-corrected chi connectivity index (χ2v) is 7.43. The first-order valence-corrected chi connectivity index (χ1v) is 9.13. The van der Waals surface area contributed by atoms with Crippen molar-refractivity contribution >= 4 is 50.8 Å². The van der Waals surface area contributed by atoms with Crippen LogP contribution in [-0.2, 0) is 9.59 Å². The Morgan fingerprint density at radius 1 is 1.27 bits per heavy atom. The van der Waals surface area contributed by atoms with Gasteiger partial charge in [0.05, 0.1) is 9.35 Å². The SMILES string of the molecule is CC(C)C(=O)Nc1cccc(-c2sc(C(=O)O)c(OCC(=O)O)c2Br)c1. The molecule has 0 fully saturated rings. The Kier molecular flexibility index (Phi) is 6.38. The van der Waals surface area contributed by atoms with Gasteiger partial charge in [-0.15, -0.1) is 11.3 Å². The van der Waals surface area contributed by atoms with Crippen LogP contribution in [0.15, 0.2) is 28.7 Å². The van der Waals surface area contributed by atoms with Crippen LogP contribution in [0.1, 0.15) is 23.5 Å². The summed E-state index contributed by atoms with van der Waals surface area (Å²) in [7, 11) is 0. The third-order valence-electron chi connectivity index (χ3n) is 3.26. The zero-order chi connectivity index (χ0) is 19.4. The Labute approximate surface area is 161 Å². The fraction of sp³-hybridized carbons (Fsp3) is 0.235. The molecule has 1 amide bonds. The summed E-state index contributed by atoms with van der Waals surface area (Å²) in [5.41, 5.74) is 1.24. The van der Waals surface area contributed by atoms with E-state index in [1.165, 1.54) is 0 Å². The van der Waals surface area contributed by atoms with Gasteiger partial charge in [0, 0.05) is 11.6 Å². The number of hydrogen-bond acceptors (Lipinski definition) is 5. The molecule has 2 aromatic rings. The number of halogens is 1. The molecular formula is C17H16BrNO6S. The number of ether oxygens (including phenoxy) is 1. The highest BCUT2D eigenvalue weighted by atomic mass is 79.9. The number of aliphatic carboxylic acids is 1. The van der Waals surface area contributed by atoms with E-state index in [-0.39, 0.29) is 22.5 Å². The van der Waals surface area contributed by atoms with Crippen molar-refractivity contribution in [1.29, 1.82) is 0 Å². The molecule has 0 aliphatic carbocycles. The number of carbonyl (C=O) groups is 3. The van der Waals surface area contributed by atoms with Crippen molar-refractivity contribution in [1.82, 2.24) is 0 Å². The van der Waals surface area contributed by atoms with E-state index in [4.69, 9.17) is 9.84 Å². The third-order valence-corrected chi connectivity index (χ3v) is 5.49. The van der Waals surface area contributed by atoms with E-state index in [0.717, 1.165) is 11.3 Å². The molecule has 3 N–H and O–H groups in total. The van der Waals surface area contributed by atoms with Crippen LogP contribution in [-0.4, -0.2) is 34.7 Å². The molecular weight excluding hydrogens is 426 g/mol. The van der Waals surface area contributed by atoms with Crippen LogP contribution in [0, 0.1) is 5.92 Å². The Morgan fingerprint density at radius 3 is 2.54 bits per heavy atom. The fourth-order valence-corrected chi connectivity index (χ4v) is 3.90. The van der Waals surface area contributed by atoms with Gasteiger partial charge in [-0.25, -0.2) is 9.59 Å². The average Bonchev–Trinajstić information content (AvgIpc) is 2.90. The molecule has 7 nitrogen and oxygen atoms in total. The van der Waals surface area contributed by atoms with Gasteiger partial charge in [0.15, 0.2) is 17.2 Å². The maximum atomic E-state index is 11.9. The second-order valence-electron chi connectivity index (χ2n) is 5.62. The fourth-order valence-electron chi connectivity index (χ4n) is 2.01. The first-order chi connectivity index (χ1) is 12.2. The van der Waals surface area contributed by atoms with Crippen LogP contribution in [0.2, 0.25) is 0 Å². The van der Waals surface area contributed by atoms with Gasteiger partial charge in [-0.05, 0) is 33.6 Å². The molecule has 2 rings (SSSR count). The highest BCUT2D eigenvalue weighted by Gasteiger charge is 2.24. The largest absolute Gasteiger partial charge is 0.479 e. The Bertz CT molecular complexity index is 861. The van der Waals surface area contributed by atoms with E-state index in [1.54, 1.807) is 38.1 Å². The van der Waals surface area contributed by atoms with Crippen LogP contribution in [0.5, 0.6) is 5.75 Å². The number of carbonyl (C=O) groups excluding carboxylic acids is 1. The number of thiophene rings is 1. The third kappa shape index (κ3) is 4.61. The number of rotatable bonds is 7. The van der Waals surface area contributed by atoms with Crippen molar-refractivity contribution < 1.29 is 29.3 Å². The molecule has 0 saturated heterocycles. The lowest BCUT2D eigenvalue weighted by Crippen LogP contribution is -2.17. The summed E-state index contributed by atoms with van der Waals surface area (Å²) in [6, 6.07) is 6.93. The molecule has 0 bridgehead atoms. The van der Waals surface area contributed by atoms with E-state index in [2.05, 4.69) is 21.2 Å². The number of anilines is 1. The van der Waals surface area contributed by atoms with Gasteiger partial charge in [0.1, 0.15) is 0 Å². The Balaban J connectivity index is 2.42. The predicted molar refractivity (Wildman–Crippen MR) is 101 cm³/mol. The maximum absolute atomic E-state index is 11.9. The molecule has 1 aromatic heterocycles. The van der Waals surface area contributed by atoms with Gasteiger partial charge < -0.3 is 20.3 Å². The number of carboxylic acids is 2. The molecule has 0 atom stereocenters. The van der Waals surface area contributed by atoms with Crippen LogP contribution in [0.3, 0.4) is 0 Å². The summed E-state index contributed by atoms with van der Waals surface area (Å²) in [6.07, 6.45) is 0. The van der Waals surface area contributed by atoms with E-state index in [1.807, 2.05) is 0 Å². The second kappa shape index (κ2) is 8.33. The Morgan fingerprint density at radius 2 is 1.96 bits per heavy atom. The smallest absolute Gasteiger partial charge is 0.349 e. The zero-order valence-corrected chi connectivity index (χ0v) is 16.3. The molecule has 0 spiro atoms. The molecule has 26 heavy (non-hydrogen) atoms. The number of hydrogen-bond donors (Lipinski definition) is 3. The van der Waals surface area contributed by atoms with Crippen molar-refractivity contribution in [3.63, 3.8) is 0 Å². The molecule has 9 heteroatoms. The predicted octanol–water partition coefficient (Wildman–Crippen LogP) is 3.93. The Hall–Kier alpha value is -2.39. The lowest BCUT2D eigenvalue weighted by molar-refractivity contribution is -0.139. The number of carboxylic acid groups (broad SMARTS) is 2. The van der Waals surface area contributed by atoms with Crippen LogP contribution < -0.4 is 10.1 Å². The van der Waals surface area contributed by atoms with Crippen molar-refractivity contribution in [3.8, 4) is 16.2 Å². The van der Waals surface area contributed by atoms with Gasteiger partial charge in [-0.2, -0.15) is 0 Å². The topological polar surface area (TPSA) is 113 Å². The van der Waals surface area contributed by atoms with E-state index < -0.39 is 18.5 Å². The standard InChI is InChI=1S/C17H16BrNO6S/c1-8(2)16(22)19-10-5-3-4-9(6-10)14-12(18)13(25-7-11(20)21)15(26-14)17(23)24/h3-6,8H,7H2,1-2H3,(H,19,22)(H,20,21)(H,23,24). The molecule has 1 aromatic carbocycles. The summed E-state index contributed by atoms with van der Waals surface area (Å²) in [6.45, 7) is 2.90. The van der Waals surface area contributed by atoms with Crippen LogP contribution in [0.25, 0.3) is 10.4 Å². The number of benzene rings is 1. The molecule has 0 saturated carbocycles. The average molecular weight is 442 g/mol. The lowest BCUT2D eigenvalue weighted by atomic mass is 10.1. The summed E-state index contributed by atoms with van der Waals surface area (Å²) < 4.78 is 5.49. The van der Waals surface area contributed by atoms with Gasteiger partial charge >= 0.3 is 11.9 Å². The van der Waals surface area contributed by atoms with Gasteiger partial charge in [-0.1, -0.05) is 26.0 Å². The molecule has 138 valence electrons. The molecule has 0 aliphatic heterocycles. The van der Waals surface area contributed by atoms with Crippen molar-refractivity contribution in [2.24, 2.45) is 5.92 Å². The van der Waals surface area contributed by atoms with Crippen LogP contribution in [0.4, 0.5) is 5.69 Å². The number of amides is 1. The summed E-state index contributed by atoms with van der Waals surface area (Å²) >= 11 is 4.25. The van der Waals surface area contributed by atoms with Crippen molar-refractivity contribution in [3.05, 3.63) is 33.6 Å². The highest BCUT2D eigenvalue weighted by molar-refractivity contribution is 9.10.